The Morgan fingerprint density at radius 2 is 2.14 bits per heavy atom. The summed E-state index contributed by atoms with van der Waals surface area (Å²) < 4.78 is 4.51. The third-order valence-corrected chi connectivity index (χ3v) is 2.21. The van der Waals surface area contributed by atoms with Gasteiger partial charge < -0.3 is 15.2 Å². The van der Waals surface area contributed by atoms with Crippen LogP contribution in [-0.2, 0) is 9.53 Å². The van der Waals surface area contributed by atoms with Crippen LogP contribution < -0.4 is 5.32 Å². The van der Waals surface area contributed by atoms with Gasteiger partial charge in [0.05, 0.1) is 19.1 Å². The van der Waals surface area contributed by atoms with Gasteiger partial charge in [-0.3, -0.25) is 4.79 Å². The Hall–Kier alpha value is -0.610. The largest absolute Gasteiger partial charge is 0.469 e. The molecule has 0 rings (SSSR count). The first-order valence-electron chi connectivity index (χ1n) is 4.94. The van der Waals surface area contributed by atoms with Crippen LogP contribution in [0.5, 0.6) is 0 Å². The first-order chi connectivity index (χ1) is 6.41. The maximum atomic E-state index is 10.8. The Morgan fingerprint density at radius 3 is 2.50 bits per heavy atom. The van der Waals surface area contributed by atoms with E-state index in [1.165, 1.54) is 7.11 Å². The van der Waals surface area contributed by atoms with Crippen LogP contribution in [0.2, 0.25) is 0 Å². The quantitative estimate of drug-likeness (QED) is 0.624. The second-order valence-corrected chi connectivity index (χ2v) is 3.89. The molecule has 0 bridgehead atoms. The number of esters is 1. The molecule has 4 heteroatoms. The number of rotatable bonds is 6. The minimum Gasteiger partial charge on any atom is -0.469 e. The van der Waals surface area contributed by atoms with E-state index < -0.39 is 5.60 Å². The van der Waals surface area contributed by atoms with Gasteiger partial charge in [0.1, 0.15) is 0 Å². The molecular formula is C10H21NO3. The topological polar surface area (TPSA) is 58.6 Å². The van der Waals surface area contributed by atoms with Crippen molar-refractivity contribution in [2.45, 2.75) is 45.3 Å². The zero-order chi connectivity index (χ0) is 11.2. The molecule has 0 saturated carbocycles. The zero-order valence-electron chi connectivity index (χ0n) is 9.46. The van der Waals surface area contributed by atoms with Gasteiger partial charge in [-0.1, -0.05) is 6.92 Å². The molecular weight excluding hydrogens is 182 g/mol. The lowest BCUT2D eigenvalue weighted by Crippen LogP contribution is -2.46. The van der Waals surface area contributed by atoms with Crippen LogP contribution >= 0.6 is 0 Å². The Labute approximate surface area is 85.6 Å². The van der Waals surface area contributed by atoms with E-state index in [0.717, 1.165) is 6.42 Å². The number of nitrogens with one attached hydrogen (secondary N) is 1. The van der Waals surface area contributed by atoms with E-state index in [2.05, 4.69) is 10.1 Å². The highest BCUT2D eigenvalue weighted by Gasteiger charge is 2.24. The maximum absolute atomic E-state index is 10.8. The summed E-state index contributed by atoms with van der Waals surface area (Å²) in [6.45, 7) is 6.04. The summed E-state index contributed by atoms with van der Waals surface area (Å²) in [4.78, 5) is 10.8. The van der Waals surface area contributed by atoms with Crippen LogP contribution in [0.3, 0.4) is 0 Å². The molecule has 14 heavy (non-hydrogen) atoms. The van der Waals surface area contributed by atoms with Crippen molar-refractivity contribution < 1.29 is 14.6 Å². The van der Waals surface area contributed by atoms with E-state index in [1.54, 1.807) is 13.8 Å². The van der Waals surface area contributed by atoms with E-state index in [-0.39, 0.29) is 12.0 Å². The van der Waals surface area contributed by atoms with Gasteiger partial charge >= 0.3 is 5.97 Å². The van der Waals surface area contributed by atoms with Gasteiger partial charge in [0.2, 0.25) is 0 Å². The van der Waals surface area contributed by atoms with Crippen molar-refractivity contribution in [3.05, 3.63) is 0 Å². The highest BCUT2D eigenvalue weighted by atomic mass is 16.5. The fourth-order valence-corrected chi connectivity index (χ4v) is 1.34. The number of carbonyl (C=O) groups is 1. The van der Waals surface area contributed by atoms with Crippen molar-refractivity contribution in [3.63, 3.8) is 0 Å². The van der Waals surface area contributed by atoms with Crippen molar-refractivity contribution in [2.24, 2.45) is 0 Å². The average molecular weight is 203 g/mol. The molecule has 0 saturated heterocycles. The van der Waals surface area contributed by atoms with Crippen LogP contribution in [0, 0.1) is 0 Å². The SMILES string of the molecule is CCC(NCCC(=O)OC)C(C)(C)O. The van der Waals surface area contributed by atoms with Gasteiger partial charge in [0.15, 0.2) is 0 Å². The minimum atomic E-state index is -0.759. The van der Waals surface area contributed by atoms with Crippen molar-refractivity contribution in [1.29, 1.82) is 0 Å². The predicted octanol–water partition coefficient (Wildman–Crippen LogP) is 0.689. The smallest absolute Gasteiger partial charge is 0.306 e. The first kappa shape index (κ1) is 13.4. The molecule has 0 aromatic heterocycles. The van der Waals surface area contributed by atoms with Gasteiger partial charge in [0.25, 0.3) is 0 Å². The normalized spacial score (nSPS) is 13.8. The molecule has 4 nitrogen and oxygen atoms in total. The molecule has 0 aliphatic carbocycles. The molecule has 0 spiro atoms. The summed E-state index contributed by atoms with van der Waals surface area (Å²) in [6, 6.07) is 0.00663. The number of hydrogen-bond donors (Lipinski definition) is 2. The zero-order valence-corrected chi connectivity index (χ0v) is 9.46. The van der Waals surface area contributed by atoms with E-state index in [0.29, 0.717) is 13.0 Å². The first-order valence-corrected chi connectivity index (χ1v) is 4.94. The minimum absolute atomic E-state index is 0.00663. The summed E-state index contributed by atoms with van der Waals surface area (Å²) in [6.07, 6.45) is 1.16. The van der Waals surface area contributed by atoms with Crippen molar-refractivity contribution in [3.8, 4) is 0 Å². The fourth-order valence-electron chi connectivity index (χ4n) is 1.34. The highest BCUT2D eigenvalue weighted by Crippen LogP contribution is 2.11. The van der Waals surface area contributed by atoms with Crippen LogP contribution in [0.1, 0.15) is 33.6 Å². The monoisotopic (exact) mass is 203 g/mol. The summed E-state index contributed by atoms with van der Waals surface area (Å²) in [5.74, 6) is -0.233. The molecule has 84 valence electrons. The molecule has 0 aliphatic heterocycles. The molecule has 2 N–H and O–H groups in total. The number of carbonyl (C=O) groups excluding carboxylic acids is 1. The predicted molar refractivity (Wildman–Crippen MR) is 55.0 cm³/mol. The molecule has 0 aromatic rings. The van der Waals surface area contributed by atoms with Gasteiger partial charge in [-0.15, -0.1) is 0 Å². The summed E-state index contributed by atoms with van der Waals surface area (Å²) in [5.41, 5.74) is -0.759. The van der Waals surface area contributed by atoms with Crippen molar-refractivity contribution in [1.82, 2.24) is 5.32 Å². The average Bonchev–Trinajstić information content (AvgIpc) is 2.09. The van der Waals surface area contributed by atoms with E-state index in [9.17, 15) is 9.90 Å². The standard InChI is InChI=1S/C10H21NO3/c1-5-8(10(2,3)13)11-7-6-9(12)14-4/h8,11,13H,5-7H2,1-4H3. The second kappa shape index (κ2) is 5.98. The summed E-state index contributed by atoms with van der Waals surface area (Å²) in [7, 11) is 1.37. The lowest BCUT2D eigenvalue weighted by atomic mass is 9.96. The number of hydrogen-bond acceptors (Lipinski definition) is 4. The Balaban J connectivity index is 3.80. The van der Waals surface area contributed by atoms with Crippen LogP contribution in [0.25, 0.3) is 0 Å². The Kier molecular flexibility index (Phi) is 5.72. The van der Waals surface area contributed by atoms with Crippen molar-refractivity contribution >= 4 is 5.97 Å². The molecule has 0 aliphatic rings. The Morgan fingerprint density at radius 1 is 1.57 bits per heavy atom. The Bertz CT molecular complexity index is 175. The van der Waals surface area contributed by atoms with E-state index in [1.807, 2.05) is 6.92 Å². The van der Waals surface area contributed by atoms with Gasteiger partial charge in [-0.25, -0.2) is 0 Å². The van der Waals surface area contributed by atoms with Crippen molar-refractivity contribution in [2.75, 3.05) is 13.7 Å². The fraction of sp³-hybridized carbons (Fsp3) is 0.900. The highest BCUT2D eigenvalue weighted by molar-refractivity contribution is 5.69. The molecule has 0 fully saturated rings. The lowest BCUT2D eigenvalue weighted by molar-refractivity contribution is -0.140. The van der Waals surface area contributed by atoms with Crippen LogP contribution in [-0.4, -0.2) is 36.4 Å². The summed E-state index contributed by atoms with van der Waals surface area (Å²) >= 11 is 0. The third kappa shape index (κ3) is 5.19. The second-order valence-electron chi connectivity index (χ2n) is 3.89. The number of methoxy groups -OCH3 is 1. The van der Waals surface area contributed by atoms with Crippen LogP contribution in [0.4, 0.5) is 0 Å². The third-order valence-electron chi connectivity index (χ3n) is 2.21. The number of ether oxygens (including phenoxy) is 1. The van der Waals surface area contributed by atoms with Gasteiger partial charge in [-0.2, -0.15) is 0 Å². The molecule has 1 atom stereocenters. The van der Waals surface area contributed by atoms with Gasteiger partial charge in [-0.05, 0) is 20.3 Å². The van der Waals surface area contributed by atoms with Crippen LogP contribution in [0.15, 0.2) is 0 Å². The molecule has 0 radical (unpaired) electrons. The van der Waals surface area contributed by atoms with E-state index in [4.69, 9.17) is 0 Å². The molecule has 1 unspecified atom stereocenters. The molecule has 0 heterocycles. The molecule has 0 amide bonds. The molecule has 0 aromatic carbocycles. The van der Waals surface area contributed by atoms with Gasteiger partial charge in [0, 0.05) is 12.6 Å². The maximum Gasteiger partial charge on any atom is 0.306 e. The number of aliphatic hydroxyl groups is 1. The summed E-state index contributed by atoms with van der Waals surface area (Å²) in [5, 5.41) is 12.8. The lowest BCUT2D eigenvalue weighted by Gasteiger charge is -2.29. The van der Waals surface area contributed by atoms with E-state index >= 15 is 0 Å².